The van der Waals surface area contributed by atoms with E-state index in [2.05, 4.69) is 23.0 Å². The predicted molar refractivity (Wildman–Crippen MR) is 91.1 cm³/mol. The molecule has 1 atom stereocenters. The van der Waals surface area contributed by atoms with Crippen molar-refractivity contribution in [1.29, 1.82) is 0 Å². The highest BCUT2D eigenvalue weighted by atomic mass is 31.2. The average Bonchev–Trinajstić information content (AvgIpc) is 2.65. The first-order chi connectivity index (χ1) is 11.6. The molecule has 0 bridgehead atoms. The van der Waals surface area contributed by atoms with Crippen molar-refractivity contribution < 1.29 is 23.5 Å². The Morgan fingerprint density at radius 1 is 1.04 bits per heavy atom. The van der Waals surface area contributed by atoms with Gasteiger partial charge in [-0.05, 0) is 18.2 Å². The van der Waals surface area contributed by atoms with Crippen LogP contribution < -0.4 is 15.6 Å². The highest BCUT2D eigenvalue weighted by Gasteiger charge is 2.31. The Labute approximate surface area is 138 Å². The van der Waals surface area contributed by atoms with Gasteiger partial charge in [-0.3, -0.25) is 9.88 Å². The molecule has 3 nitrogen and oxygen atoms in total. The number of hydrogen-bond acceptors (Lipinski definition) is 3. The lowest BCUT2D eigenvalue weighted by molar-refractivity contribution is -0.0758. The summed E-state index contributed by atoms with van der Waals surface area (Å²) < 4.78 is 38.8. The quantitative estimate of drug-likeness (QED) is 0.412. The van der Waals surface area contributed by atoms with Crippen LogP contribution in [-0.4, -0.2) is 0 Å². The third-order valence-electron chi connectivity index (χ3n) is 3.37. The van der Waals surface area contributed by atoms with Gasteiger partial charge in [0.2, 0.25) is 0 Å². The van der Waals surface area contributed by atoms with Gasteiger partial charge in [0.05, 0.1) is 0 Å². The van der Waals surface area contributed by atoms with E-state index in [0.717, 1.165) is 0 Å². The van der Waals surface area contributed by atoms with Crippen LogP contribution >= 0.6 is 7.14 Å². The molecule has 0 amide bonds. The maximum atomic E-state index is 13.9. The summed E-state index contributed by atoms with van der Waals surface area (Å²) in [6.45, 7) is 7.01. The minimum absolute atomic E-state index is 0.0902. The molecule has 0 N–H and O–H groups in total. The van der Waals surface area contributed by atoms with Gasteiger partial charge in [0.15, 0.2) is 18.7 Å². The topological polar surface area (TPSA) is 35.5 Å². The molecule has 0 fully saturated rings. The lowest BCUT2D eigenvalue weighted by Crippen LogP contribution is -2.17. The first kappa shape index (κ1) is 17.7. The molecule has 0 aliphatic heterocycles. The molecule has 0 spiro atoms. The molecule has 0 aliphatic carbocycles. The van der Waals surface area contributed by atoms with Crippen molar-refractivity contribution in [1.82, 2.24) is 0 Å². The Kier molecular flexibility index (Phi) is 5.72. The molecule has 0 saturated heterocycles. The normalized spacial score (nSPS) is 13.7. The zero-order valence-corrected chi connectivity index (χ0v) is 13.6. The van der Waals surface area contributed by atoms with Gasteiger partial charge in [0.25, 0.3) is 0 Å². The highest BCUT2D eigenvalue weighted by Crippen LogP contribution is 2.52. The number of benzene rings is 2. The first-order valence-corrected chi connectivity index (χ1v) is 8.64. The molecule has 0 aliphatic rings. The monoisotopic (exact) mass is 348 g/mol. The standard InChI is InChI=1S/C18H15F2O3P/c1-3-16(12-14(2)22-19)24(21,17-9-5-4-6-10-17)18-11-7-8-15(13-18)23-20/h3-13H,1-2H2/b16-12+. The van der Waals surface area contributed by atoms with E-state index in [4.69, 9.17) is 0 Å². The second-order valence-electron chi connectivity index (χ2n) is 4.84. The van der Waals surface area contributed by atoms with Gasteiger partial charge in [-0.15, -0.1) is 0 Å². The van der Waals surface area contributed by atoms with E-state index < -0.39 is 7.14 Å². The fourth-order valence-corrected chi connectivity index (χ4v) is 4.95. The van der Waals surface area contributed by atoms with E-state index in [1.54, 1.807) is 36.4 Å². The van der Waals surface area contributed by atoms with E-state index in [1.165, 1.54) is 30.4 Å². The van der Waals surface area contributed by atoms with E-state index >= 15 is 0 Å². The summed E-state index contributed by atoms with van der Waals surface area (Å²) in [5.41, 5.74) is 0. The van der Waals surface area contributed by atoms with E-state index in [1.807, 2.05) is 0 Å². The first-order valence-electron chi connectivity index (χ1n) is 6.93. The molecule has 24 heavy (non-hydrogen) atoms. The summed E-state index contributed by atoms with van der Waals surface area (Å²) in [6, 6.07) is 14.4. The molecule has 0 heterocycles. The summed E-state index contributed by atoms with van der Waals surface area (Å²) in [5.74, 6) is -0.411. The molecule has 2 aromatic carbocycles. The molecule has 0 saturated carbocycles. The van der Waals surface area contributed by atoms with Crippen LogP contribution in [0.5, 0.6) is 5.75 Å². The van der Waals surface area contributed by atoms with Gasteiger partial charge in [-0.1, -0.05) is 61.7 Å². The van der Waals surface area contributed by atoms with Gasteiger partial charge in [0.1, 0.15) is 0 Å². The molecule has 6 heteroatoms. The van der Waals surface area contributed by atoms with Crippen molar-refractivity contribution in [2.45, 2.75) is 0 Å². The van der Waals surface area contributed by atoms with Crippen molar-refractivity contribution >= 4 is 17.8 Å². The van der Waals surface area contributed by atoms with Gasteiger partial charge in [0, 0.05) is 25.0 Å². The second kappa shape index (κ2) is 7.75. The lowest BCUT2D eigenvalue weighted by Gasteiger charge is -2.21. The Morgan fingerprint density at radius 3 is 2.29 bits per heavy atom. The molecule has 0 radical (unpaired) electrons. The van der Waals surface area contributed by atoms with Crippen molar-refractivity contribution in [3.63, 3.8) is 0 Å². The maximum Gasteiger partial charge on any atom is 0.172 e. The van der Waals surface area contributed by atoms with Crippen LogP contribution in [-0.2, 0) is 9.51 Å². The smallest absolute Gasteiger partial charge is 0.172 e. The fourth-order valence-electron chi connectivity index (χ4n) is 2.28. The van der Waals surface area contributed by atoms with Gasteiger partial charge in [-0.25, -0.2) is 0 Å². The Morgan fingerprint density at radius 2 is 1.71 bits per heavy atom. The number of allylic oxidation sites excluding steroid dienone is 3. The number of hydrogen-bond donors (Lipinski definition) is 0. The summed E-state index contributed by atoms with van der Waals surface area (Å²) in [7, 11) is -3.45. The molecule has 124 valence electrons. The predicted octanol–water partition coefficient (Wildman–Crippen LogP) is 4.75. The Hall–Kier alpha value is -2.65. The van der Waals surface area contributed by atoms with Crippen molar-refractivity contribution in [3.05, 3.63) is 91.0 Å². The lowest BCUT2D eigenvalue weighted by atomic mass is 10.3. The largest absolute Gasteiger partial charge is 0.309 e. The van der Waals surface area contributed by atoms with Gasteiger partial charge < -0.3 is 4.57 Å². The third-order valence-corrected chi connectivity index (χ3v) is 6.44. The van der Waals surface area contributed by atoms with Gasteiger partial charge in [-0.2, -0.15) is 0 Å². The molecule has 2 aromatic rings. The van der Waals surface area contributed by atoms with Crippen LogP contribution in [0, 0.1) is 0 Å². The third kappa shape index (κ3) is 3.47. The van der Waals surface area contributed by atoms with Gasteiger partial charge >= 0.3 is 0 Å². The fraction of sp³-hybridized carbons (Fsp3) is 0. The van der Waals surface area contributed by atoms with Crippen LogP contribution in [0.4, 0.5) is 9.05 Å². The Bertz CT molecular complexity index is 816. The van der Waals surface area contributed by atoms with Crippen molar-refractivity contribution in [2.75, 3.05) is 0 Å². The van der Waals surface area contributed by atoms with Crippen LogP contribution in [0.3, 0.4) is 0 Å². The minimum atomic E-state index is -3.45. The van der Waals surface area contributed by atoms with Crippen molar-refractivity contribution in [3.8, 4) is 5.75 Å². The number of halogens is 2. The van der Waals surface area contributed by atoms with Crippen LogP contribution in [0.1, 0.15) is 0 Å². The molecular weight excluding hydrogens is 333 g/mol. The minimum Gasteiger partial charge on any atom is -0.309 e. The molecule has 2 rings (SSSR count). The summed E-state index contributed by atoms with van der Waals surface area (Å²) >= 11 is 0. The SMILES string of the molecule is C=C/C(=C\C(=C)OF)P(=O)(c1ccccc1)c1cccc(OF)c1. The van der Waals surface area contributed by atoms with Crippen molar-refractivity contribution in [2.24, 2.45) is 0 Å². The summed E-state index contributed by atoms with van der Waals surface area (Å²) in [6.07, 6.45) is 2.53. The van der Waals surface area contributed by atoms with E-state index in [9.17, 15) is 13.6 Å². The molecule has 1 unspecified atom stereocenters. The zero-order chi connectivity index (χ0) is 17.6. The van der Waals surface area contributed by atoms with Crippen LogP contribution in [0.25, 0.3) is 0 Å². The highest BCUT2D eigenvalue weighted by molar-refractivity contribution is 7.82. The molecule has 0 aromatic heterocycles. The maximum absolute atomic E-state index is 13.9. The summed E-state index contributed by atoms with van der Waals surface area (Å²) in [5, 5.41) is 0.979. The molecular formula is C18H15F2O3P. The zero-order valence-electron chi connectivity index (χ0n) is 12.7. The second-order valence-corrected chi connectivity index (χ2v) is 7.60. The average molecular weight is 348 g/mol. The Balaban J connectivity index is 2.75. The summed E-state index contributed by atoms with van der Waals surface area (Å²) in [4.78, 5) is 7.30. The van der Waals surface area contributed by atoms with Crippen LogP contribution in [0.15, 0.2) is 91.0 Å². The van der Waals surface area contributed by atoms with Crippen LogP contribution in [0.2, 0.25) is 0 Å². The number of rotatable bonds is 7. The van der Waals surface area contributed by atoms with E-state index in [-0.39, 0.29) is 16.8 Å². The van der Waals surface area contributed by atoms with E-state index in [0.29, 0.717) is 10.6 Å².